The molecule has 4 aliphatic heterocycles. The molecule has 1 aromatic carbocycles. The van der Waals surface area contributed by atoms with Gasteiger partial charge in [0.2, 0.25) is 10.0 Å². The number of benzene rings is 1. The topological polar surface area (TPSA) is 82.9 Å². The van der Waals surface area contributed by atoms with Crippen molar-refractivity contribution in [2.24, 2.45) is 5.41 Å². The van der Waals surface area contributed by atoms with Crippen molar-refractivity contribution in [2.45, 2.75) is 35.8 Å². The van der Waals surface area contributed by atoms with Crippen LogP contribution in [0.5, 0.6) is 0 Å². The quantitative estimate of drug-likeness (QED) is 0.733. The second-order valence-electron chi connectivity index (χ2n) is 8.91. The van der Waals surface area contributed by atoms with Crippen LogP contribution in [-0.2, 0) is 19.5 Å². The molecular formula is C20H24FN3O4S. The molecule has 7 nitrogen and oxygen atoms in total. The van der Waals surface area contributed by atoms with Gasteiger partial charge in [-0.2, -0.15) is 9.57 Å². The largest absolute Gasteiger partial charge is 0.380 e. The number of piperidine rings is 1. The lowest BCUT2D eigenvalue weighted by Gasteiger charge is -2.57. The van der Waals surface area contributed by atoms with Crippen LogP contribution >= 0.6 is 0 Å². The smallest absolute Gasteiger partial charge is 0.244 e. The minimum absolute atomic E-state index is 0.0319. The van der Waals surface area contributed by atoms with E-state index in [0.717, 1.165) is 44.9 Å². The van der Waals surface area contributed by atoms with Crippen molar-refractivity contribution in [3.63, 3.8) is 0 Å². The van der Waals surface area contributed by atoms with Gasteiger partial charge in [-0.05, 0) is 37.5 Å². The van der Waals surface area contributed by atoms with Crippen LogP contribution in [0.15, 0.2) is 23.1 Å². The Bertz CT molecular complexity index is 956. The second-order valence-corrected chi connectivity index (χ2v) is 10.8. The Morgan fingerprint density at radius 2 is 1.93 bits per heavy atom. The molecule has 0 N–H and O–H groups in total. The summed E-state index contributed by atoms with van der Waals surface area (Å²) in [5.41, 5.74) is 0.0575. The summed E-state index contributed by atoms with van der Waals surface area (Å²) in [5, 5.41) is 9.22. The number of halogens is 1. The third-order valence-electron chi connectivity index (χ3n) is 6.92. The average Bonchev–Trinajstić information content (AvgIpc) is 3.03. The lowest BCUT2D eigenvalue weighted by Crippen LogP contribution is -2.68. The first kappa shape index (κ1) is 19.4. The summed E-state index contributed by atoms with van der Waals surface area (Å²) in [4.78, 5) is 2.21. The van der Waals surface area contributed by atoms with Gasteiger partial charge in [-0.3, -0.25) is 4.90 Å². The van der Waals surface area contributed by atoms with E-state index in [0.29, 0.717) is 44.0 Å². The number of nitriles is 1. The maximum absolute atomic E-state index is 13.6. The average molecular weight is 421 g/mol. The first-order chi connectivity index (χ1) is 13.8. The molecule has 0 radical (unpaired) electrons. The van der Waals surface area contributed by atoms with Gasteiger partial charge in [0.05, 0.1) is 31.0 Å². The van der Waals surface area contributed by atoms with Crippen molar-refractivity contribution >= 4 is 10.0 Å². The molecule has 0 amide bonds. The molecule has 0 aliphatic carbocycles. The number of rotatable bonds is 3. The molecule has 4 heterocycles. The predicted octanol–water partition coefficient (Wildman–Crippen LogP) is 1.34. The van der Waals surface area contributed by atoms with E-state index in [1.54, 1.807) is 0 Å². The van der Waals surface area contributed by atoms with Crippen molar-refractivity contribution in [3.8, 4) is 6.07 Å². The summed E-state index contributed by atoms with van der Waals surface area (Å²) in [6, 6.07) is 5.49. The zero-order chi connectivity index (χ0) is 20.3. The number of likely N-dealkylation sites (tertiary alicyclic amines) is 1. The molecule has 1 aromatic rings. The van der Waals surface area contributed by atoms with E-state index in [1.807, 2.05) is 6.07 Å². The molecule has 4 saturated heterocycles. The highest BCUT2D eigenvalue weighted by Crippen LogP contribution is 2.44. The van der Waals surface area contributed by atoms with Gasteiger partial charge >= 0.3 is 0 Å². The van der Waals surface area contributed by atoms with Gasteiger partial charge in [-0.25, -0.2) is 12.8 Å². The van der Waals surface area contributed by atoms with Crippen LogP contribution in [0.1, 0.15) is 24.8 Å². The van der Waals surface area contributed by atoms with Gasteiger partial charge in [0.1, 0.15) is 16.8 Å². The summed E-state index contributed by atoms with van der Waals surface area (Å²) in [6.45, 7) is 5.16. The summed E-state index contributed by atoms with van der Waals surface area (Å²) in [6.07, 6.45) is 2.14. The van der Waals surface area contributed by atoms with E-state index in [-0.39, 0.29) is 16.1 Å². The molecule has 0 bridgehead atoms. The number of hydrogen-bond donors (Lipinski definition) is 0. The fourth-order valence-electron chi connectivity index (χ4n) is 5.13. The predicted molar refractivity (Wildman–Crippen MR) is 101 cm³/mol. The lowest BCUT2D eigenvalue weighted by molar-refractivity contribution is -0.197. The number of nitrogens with zero attached hydrogens (tertiary/aromatic N) is 3. The molecule has 9 heteroatoms. The van der Waals surface area contributed by atoms with Crippen LogP contribution < -0.4 is 0 Å². The molecule has 0 saturated carbocycles. The molecule has 2 spiro atoms. The fraction of sp³-hybridized carbons (Fsp3) is 0.650. The molecule has 156 valence electrons. The zero-order valence-electron chi connectivity index (χ0n) is 16.1. The normalized spacial score (nSPS) is 28.8. The third kappa shape index (κ3) is 3.18. The SMILES string of the molecule is N#Cc1ccc(F)cc1S(=O)(=O)N1CCC2(CC1)CC(N1CC3(COC3)C1)CO2. The monoisotopic (exact) mass is 421 g/mol. The molecule has 4 aliphatic rings. The van der Waals surface area contributed by atoms with E-state index in [2.05, 4.69) is 4.90 Å². The Morgan fingerprint density at radius 3 is 2.55 bits per heavy atom. The van der Waals surface area contributed by atoms with E-state index < -0.39 is 15.8 Å². The summed E-state index contributed by atoms with van der Waals surface area (Å²) < 4.78 is 52.5. The second kappa shape index (κ2) is 6.72. The molecule has 4 fully saturated rings. The Balaban J connectivity index is 1.24. The van der Waals surface area contributed by atoms with Crippen molar-refractivity contribution in [2.75, 3.05) is 46.0 Å². The van der Waals surface area contributed by atoms with Gasteiger partial charge < -0.3 is 9.47 Å². The van der Waals surface area contributed by atoms with Gasteiger partial charge in [-0.15, -0.1) is 0 Å². The Morgan fingerprint density at radius 1 is 1.21 bits per heavy atom. The summed E-state index contributed by atoms with van der Waals surface area (Å²) >= 11 is 0. The van der Waals surface area contributed by atoms with Crippen molar-refractivity contribution in [3.05, 3.63) is 29.6 Å². The molecule has 29 heavy (non-hydrogen) atoms. The third-order valence-corrected chi connectivity index (χ3v) is 8.85. The molecule has 5 rings (SSSR count). The fourth-order valence-corrected chi connectivity index (χ4v) is 6.72. The first-order valence-corrected chi connectivity index (χ1v) is 11.4. The molecular weight excluding hydrogens is 397 g/mol. The lowest BCUT2D eigenvalue weighted by atomic mass is 9.76. The molecule has 1 unspecified atom stereocenters. The maximum Gasteiger partial charge on any atom is 0.244 e. The minimum atomic E-state index is -3.92. The Kier molecular flexibility index (Phi) is 4.50. The van der Waals surface area contributed by atoms with Crippen molar-refractivity contribution < 1.29 is 22.3 Å². The highest BCUT2D eigenvalue weighted by molar-refractivity contribution is 7.89. The van der Waals surface area contributed by atoms with Crippen molar-refractivity contribution in [1.29, 1.82) is 5.26 Å². The highest BCUT2D eigenvalue weighted by Gasteiger charge is 2.54. The highest BCUT2D eigenvalue weighted by atomic mass is 32.2. The minimum Gasteiger partial charge on any atom is -0.380 e. The van der Waals surface area contributed by atoms with E-state index >= 15 is 0 Å². The first-order valence-electron chi connectivity index (χ1n) is 10.0. The van der Waals surface area contributed by atoms with Gasteiger partial charge in [0, 0.05) is 37.6 Å². The van der Waals surface area contributed by atoms with Gasteiger partial charge in [-0.1, -0.05) is 0 Å². The number of sulfonamides is 1. The van der Waals surface area contributed by atoms with E-state index in [1.165, 1.54) is 10.4 Å². The van der Waals surface area contributed by atoms with E-state index in [4.69, 9.17) is 9.47 Å². The zero-order valence-corrected chi connectivity index (χ0v) is 17.0. The van der Waals surface area contributed by atoms with Crippen LogP contribution in [0, 0.1) is 22.6 Å². The van der Waals surface area contributed by atoms with Crippen LogP contribution in [0.4, 0.5) is 4.39 Å². The molecule has 1 atom stereocenters. The standard InChI is InChI=1S/C20H24FN3O4S/c21-16-2-1-15(9-22)18(7-16)29(25,26)24-5-3-20(4-6-24)8-17(10-28-20)23-11-19(12-23)13-27-14-19/h1-2,7,17H,3-6,8,10-14H2. The maximum atomic E-state index is 13.6. The van der Waals surface area contributed by atoms with Gasteiger partial charge in [0.25, 0.3) is 0 Å². The molecule has 0 aromatic heterocycles. The van der Waals surface area contributed by atoms with Crippen LogP contribution in [0.25, 0.3) is 0 Å². The van der Waals surface area contributed by atoms with Gasteiger partial charge in [0.15, 0.2) is 0 Å². The van der Waals surface area contributed by atoms with E-state index in [9.17, 15) is 18.1 Å². The number of hydrogen-bond acceptors (Lipinski definition) is 6. The summed E-state index contributed by atoms with van der Waals surface area (Å²) in [7, 11) is -3.92. The summed E-state index contributed by atoms with van der Waals surface area (Å²) in [5.74, 6) is -0.665. The van der Waals surface area contributed by atoms with Crippen LogP contribution in [0.3, 0.4) is 0 Å². The van der Waals surface area contributed by atoms with Crippen LogP contribution in [0.2, 0.25) is 0 Å². The Labute approximate surface area is 170 Å². The van der Waals surface area contributed by atoms with Crippen molar-refractivity contribution in [1.82, 2.24) is 9.21 Å². The Hall–Kier alpha value is -1.57. The van der Waals surface area contributed by atoms with Crippen LogP contribution in [-0.4, -0.2) is 75.3 Å². The number of ether oxygens (including phenoxy) is 2.